The summed E-state index contributed by atoms with van der Waals surface area (Å²) in [5.41, 5.74) is 1.45. The predicted octanol–water partition coefficient (Wildman–Crippen LogP) is 3.72. The molecule has 5 nitrogen and oxygen atoms in total. The highest BCUT2D eigenvalue weighted by atomic mass is 32.1. The number of nitrogens with zero attached hydrogens (tertiary/aromatic N) is 2. The number of nitro benzene ring substituents is 1. The van der Waals surface area contributed by atoms with Crippen molar-refractivity contribution < 1.29 is 10.0 Å². The number of nitro groups is 1. The zero-order chi connectivity index (χ0) is 15.2. The highest BCUT2D eigenvalue weighted by molar-refractivity contribution is 7.15. The monoisotopic (exact) mass is 304 g/mol. The number of thiazole rings is 1. The van der Waals surface area contributed by atoms with Crippen LogP contribution in [0.1, 0.15) is 36.9 Å². The minimum atomic E-state index is -0.530. The fourth-order valence-corrected chi connectivity index (χ4v) is 3.92. The van der Waals surface area contributed by atoms with Crippen LogP contribution >= 0.6 is 11.3 Å². The van der Waals surface area contributed by atoms with Gasteiger partial charge in [0.05, 0.1) is 27.2 Å². The van der Waals surface area contributed by atoms with Crippen LogP contribution in [-0.2, 0) is 6.42 Å². The van der Waals surface area contributed by atoms with E-state index >= 15 is 0 Å². The molecule has 3 rings (SSSR count). The maximum atomic E-state index is 11.1. The minimum absolute atomic E-state index is 0.000378. The van der Waals surface area contributed by atoms with Crippen LogP contribution in [0.15, 0.2) is 24.3 Å². The number of aliphatic hydroxyl groups is 1. The van der Waals surface area contributed by atoms with Crippen LogP contribution in [0, 0.1) is 15.5 Å². The third-order valence-corrected chi connectivity index (χ3v) is 4.99. The number of aliphatic hydroxyl groups excluding tert-OH is 1. The fraction of sp³-hybridized carbons (Fsp3) is 0.400. The van der Waals surface area contributed by atoms with E-state index in [1.165, 1.54) is 17.4 Å². The molecule has 1 aromatic heterocycles. The van der Waals surface area contributed by atoms with E-state index in [9.17, 15) is 15.2 Å². The van der Waals surface area contributed by atoms with E-state index in [2.05, 4.69) is 18.8 Å². The van der Waals surface area contributed by atoms with E-state index < -0.39 is 11.0 Å². The normalized spacial score (nSPS) is 20.0. The van der Waals surface area contributed by atoms with Crippen molar-refractivity contribution in [2.75, 3.05) is 0 Å². The largest absolute Gasteiger partial charge is 0.387 e. The van der Waals surface area contributed by atoms with E-state index in [-0.39, 0.29) is 11.1 Å². The van der Waals surface area contributed by atoms with Gasteiger partial charge in [0.1, 0.15) is 5.01 Å². The second kappa shape index (κ2) is 4.89. The topological polar surface area (TPSA) is 76.3 Å². The van der Waals surface area contributed by atoms with Gasteiger partial charge in [0.25, 0.3) is 5.69 Å². The number of fused-ring (bicyclic) bond motifs is 1. The highest BCUT2D eigenvalue weighted by Gasteiger charge is 2.34. The Morgan fingerprint density at radius 2 is 2.14 bits per heavy atom. The molecule has 1 unspecified atom stereocenters. The Morgan fingerprint density at radius 3 is 2.86 bits per heavy atom. The summed E-state index contributed by atoms with van der Waals surface area (Å²) in [6.07, 6.45) is 0.951. The smallest absolute Gasteiger partial charge is 0.279 e. The zero-order valence-corrected chi connectivity index (χ0v) is 12.7. The van der Waals surface area contributed by atoms with Gasteiger partial charge in [-0.3, -0.25) is 10.1 Å². The maximum absolute atomic E-state index is 11.1. The molecule has 0 bridgehead atoms. The van der Waals surface area contributed by atoms with Crippen molar-refractivity contribution in [2.45, 2.75) is 32.8 Å². The van der Waals surface area contributed by atoms with E-state index in [1.807, 2.05) is 0 Å². The first-order valence-corrected chi connectivity index (χ1v) is 7.60. The summed E-state index contributed by atoms with van der Waals surface area (Å²) in [7, 11) is 0. The van der Waals surface area contributed by atoms with Gasteiger partial charge in [-0.25, -0.2) is 4.98 Å². The third kappa shape index (κ3) is 2.56. The number of hydrogen-bond donors (Lipinski definition) is 1. The molecule has 1 atom stereocenters. The van der Waals surface area contributed by atoms with Crippen molar-refractivity contribution in [1.82, 2.24) is 4.98 Å². The lowest BCUT2D eigenvalue weighted by Gasteiger charge is -2.31. The summed E-state index contributed by atoms with van der Waals surface area (Å²) >= 11 is 1.36. The summed E-state index contributed by atoms with van der Waals surface area (Å²) < 4.78 is 0. The standard InChI is InChI=1S/C15H16N2O3S/c1-15(2)7-10-13(12(18)8-15)21-14(16-10)9-5-3-4-6-11(9)17(19)20/h3-6,12,18H,7-8H2,1-2H3. The van der Waals surface area contributed by atoms with Gasteiger partial charge in [-0.15, -0.1) is 11.3 Å². The average molecular weight is 304 g/mol. The number of aromatic nitrogens is 1. The van der Waals surface area contributed by atoms with Crippen LogP contribution in [0.2, 0.25) is 0 Å². The Balaban J connectivity index is 2.09. The number of rotatable bonds is 2. The van der Waals surface area contributed by atoms with Crippen molar-refractivity contribution in [3.63, 3.8) is 0 Å². The summed E-state index contributed by atoms with van der Waals surface area (Å²) in [6.45, 7) is 4.20. The fourth-order valence-electron chi connectivity index (χ4n) is 2.82. The van der Waals surface area contributed by atoms with E-state index in [4.69, 9.17) is 0 Å². The number of hydrogen-bond acceptors (Lipinski definition) is 5. The van der Waals surface area contributed by atoms with Crippen molar-refractivity contribution in [2.24, 2.45) is 5.41 Å². The van der Waals surface area contributed by atoms with Gasteiger partial charge in [-0.05, 0) is 24.3 Å². The maximum Gasteiger partial charge on any atom is 0.279 e. The van der Waals surface area contributed by atoms with Crippen LogP contribution in [0.25, 0.3) is 10.6 Å². The lowest BCUT2D eigenvalue weighted by molar-refractivity contribution is -0.384. The average Bonchev–Trinajstić information content (AvgIpc) is 2.81. The summed E-state index contributed by atoms with van der Waals surface area (Å²) in [6, 6.07) is 6.60. The Bertz CT molecular complexity index is 709. The molecule has 0 aliphatic heterocycles. The Hall–Kier alpha value is -1.79. The summed E-state index contributed by atoms with van der Waals surface area (Å²) in [5.74, 6) is 0. The predicted molar refractivity (Wildman–Crippen MR) is 81.3 cm³/mol. The number of benzene rings is 1. The Kier molecular flexibility index (Phi) is 3.30. The second-order valence-corrected chi connectivity index (χ2v) is 7.20. The SMILES string of the molecule is CC1(C)Cc2nc(-c3ccccc3[N+](=O)[O-])sc2C(O)C1. The minimum Gasteiger partial charge on any atom is -0.387 e. The molecule has 0 amide bonds. The lowest BCUT2D eigenvalue weighted by atomic mass is 9.77. The third-order valence-electron chi connectivity index (χ3n) is 3.75. The van der Waals surface area contributed by atoms with E-state index in [1.54, 1.807) is 18.2 Å². The molecule has 0 spiro atoms. The van der Waals surface area contributed by atoms with Gasteiger partial charge in [0, 0.05) is 6.07 Å². The Morgan fingerprint density at radius 1 is 1.43 bits per heavy atom. The molecule has 1 aliphatic carbocycles. The van der Waals surface area contributed by atoms with Gasteiger partial charge in [-0.1, -0.05) is 26.0 Å². The Labute approximate surface area is 126 Å². The lowest BCUT2D eigenvalue weighted by Crippen LogP contribution is -2.24. The molecule has 21 heavy (non-hydrogen) atoms. The van der Waals surface area contributed by atoms with Gasteiger partial charge < -0.3 is 5.11 Å². The number of para-hydroxylation sites is 1. The van der Waals surface area contributed by atoms with Crippen LogP contribution in [0.3, 0.4) is 0 Å². The molecule has 110 valence electrons. The molecular formula is C15H16N2O3S. The first-order chi connectivity index (χ1) is 9.87. The molecule has 1 N–H and O–H groups in total. The van der Waals surface area contributed by atoms with Gasteiger partial charge in [0.2, 0.25) is 0 Å². The van der Waals surface area contributed by atoms with E-state index in [0.29, 0.717) is 17.0 Å². The van der Waals surface area contributed by atoms with Crippen molar-refractivity contribution >= 4 is 17.0 Å². The van der Waals surface area contributed by atoms with Gasteiger partial charge >= 0.3 is 0 Å². The molecule has 0 fully saturated rings. The summed E-state index contributed by atoms with van der Waals surface area (Å²) in [5, 5.41) is 22.0. The molecule has 2 aromatic rings. The van der Waals surface area contributed by atoms with Crippen molar-refractivity contribution in [3.05, 3.63) is 45.0 Å². The quantitative estimate of drug-likeness (QED) is 0.677. The van der Waals surface area contributed by atoms with Crippen LogP contribution in [0.5, 0.6) is 0 Å². The molecule has 0 saturated carbocycles. The van der Waals surface area contributed by atoms with Crippen LogP contribution in [0.4, 0.5) is 5.69 Å². The molecule has 0 saturated heterocycles. The molecular weight excluding hydrogens is 288 g/mol. The molecule has 6 heteroatoms. The zero-order valence-electron chi connectivity index (χ0n) is 11.9. The van der Waals surface area contributed by atoms with Gasteiger partial charge in [0.15, 0.2) is 0 Å². The van der Waals surface area contributed by atoms with Gasteiger partial charge in [-0.2, -0.15) is 0 Å². The highest BCUT2D eigenvalue weighted by Crippen LogP contribution is 2.45. The molecule has 1 heterocycles. The summed E-state index contributed by atoms with van der Waals surface area (Å²) in [4.78, 5) is 16.2. The molecule has 0 radical (unpaired) electrons. The first kappa shape index (κ1) is 14.2. The van der Waals surface area contributed by atoms with E-state index in [0.717, 1.165) is 17.0 Å². The second-order valence-electron chi connectivity index (χ2n) is 6.17. The van der Waals surface area contributed by atoms with Crippen LogP contribution in [-0.4, -0.2) is 15.0 Å². The molecule has 1 aromatic carbocycles. The van der Waals surface area contributed by atoms with Crippen molar-refractivity contribution in [1.29, 1.82) is 0 Å². The first-order valence-electron chi connectivity index (χ1n) is 6.79. The van der Waals surface area contributed by atoms with Crippen LogP contribution < -0.4 is 0 Å². The molecule has 1 aliphatic rings. The van der Waals surface area contributed by atoms with Crippen molar-refractivity contribution in [3.8, 4) is 10.6 Å².